The van der Waals surface area contributed by atoms with Crippen molar-refractivity contribution >= 4 is 34.3 Å². The molecule has 4 aromatic rings. The first kappa shape index (κ1) is 26.7. The Balaban J connectivity index is 1.41. The maximum absolute atomic E-state index is 13.5. The highest BCUT2D eigenvalue weighted by atomic mass is 35.5. The number of rotatable bonds is 7. The molecule has 39 heavy (non-hydrogen) atoms. The predicted molar refractivity (Wildman–Crippen MR) is 154 cm³/mol. The lowest BCUT2D eigenvalue weighted by Crippen LogP contribution is -2.60. The Morgan fingerprint density at radius 2 is 1.90 bits per heavy atom. The van der Waals surface area contributed by atoms with E-state index in [0.29, 0.717) is 42.3 Å². The van der Waals surface area contributed by atoms with Crippen LogP contribution < -0.4 is 5.32 Å². The van der Waals surface area contributed by atoms with Gasteiger partial charge in [0.15, 0.2) is 0 Å². The third kappa shape index (κ3) is 5.21. The van der Waals surface area contributed by atoms with E-state index in [-0.39, 0.29) is 23.3 Å². The Morgan fingerprint density at radius 3 is 2.56 bits per heavy atom. The fourth-order valence-corrected chi connectivity index (χ4v) is 5.49. The molecule has 1 fully saturated rings. The molecular formula is C30H33ClN6O2. The van der Waals surface area contributed by atoms with Gasteiger partial charge in [0.2, 0.25) is 5.91 Å². The van der Waals surface area contributed by atoms with Gasteiger partial charge in [-0.05, 0) is 35.6 Å². The second-order valence-corrected chi connectivity index (χ2v) is 11.5. The quantitative estimate of drug-likeness (QED) is 0.326. The minimum absolute atomic E-state index is 0.0945. The first-order chi connectivity index (χ1) is 18.6. The van der Waals surface area contributed by atoms with Crippen LogP contribution in [0.25, 0.3) is 22.2 Å². The number of carbonyl (C=O) groups excluding carboxylic acids is 2. The molecule has 5 rings (SSSR count). The highest BCUT2D eigenvalue weighted by Crippen LogP contribution is 2.34. The van der Waals surface area contributed by atoms with E-state index in [2.05, 4.69) is 48.9 Å². The van der Waals surface area contributed by atoms with Crippen LogP contribution in [-0.4, -0.2) is 55.6 Å². The molecule has 8 nitrogen and oxygen atoms in total. The second-order valence-electron chi connectivity index (χ2n) is 11.1. The number of halogens is 1. The number of hydrogen-bond donors (Lipinski definition) is 2. The van der Waals surface area contributed by atoms with E-state index in [1.807, 2.05) is 48.0 Å². The van der Waals surface area contributed by atoms with Crippen LogP contribution in [0.4, 0.5) is 0 Å². The number of likely N-dealkylation sites (tertiary alicyclic amines) is 1. The molecule has 202 valence electrons. The fourth-order valence-electron chi connectivity index (χ4n) is 5.05. The SMILES string of the molecule is C=CC(=O)N1CC(NC(=O)c2c(-c3ccccc3)nc(CCc3[nH]nc4cc(Cl)c(C(C)(C)C)cc34)n2C)C1. The first-order valence-electron chi connectivity index (χ1n) is 13.1. The number of fused-ring (bicyclic) bond motifs is 1. The summed E-state index contributed by atoms with van der Waals surface area (Å²) in [6.07, 6.45) is 2.57. The van der Waals surface area contributed by atoms with Crippen LogP contribution in [0.3, 0.4) is 0 Å². The summed E-state index contributed by atoms with van der Waals surface area (Å²) in [7, 11) is 1.88. The number of nitrogens with one attached hydrogen (secondary N) is 2. The van der Waals surface area contributed by atoms with E-state index in [9.17, 15) is 9.59 Å². The summed E-state index contributed by atoms with van der Waals surface area (Å²) in [5.74, 6) is 0.461. The van der Waals surface area contributed by atoms with E-state index in [0.717, 1.165) is 33.5 Å². The molecule has 1 saturated heterocycles. The summed E-state index contributed by atoms with van der Waals surface area (Å²) >= 11 is 6.55. The molecule has 0 bridgehead atoms. The summed E-state index contributed by atoms with van der Waals surface area (Å²) in [6, 6.07) is 13.7. The smallest absolute Gasteiger partial charge is 0.270 e. The molecule has 0 radical (unpaired) electrons. The molecule has 3 heterocycles. The number of carbonyl (C=O) groups is 2. The number of nitrogens with zero attached hydrogens (tertiary/aromatic N) is 4. The Morgan fingerprint density at radius 1 is 1.18 bits per heavy atom. The number of imidazole rings is 1. The molecule has 2 N–H and O–H groups in total. The van der Waals surface area contributed by atoms with E-state index < -0.39 is 0 Å². The van der Waals surface area contributed by atoms with Crippen molar-refractivity contribution in [1.29, 1.82) is 0 Å². The average molecular weight is 545 g/mol. The minimum atomic E-state index is -0.206. The highest BCUT2D eigenvalue weighted by Gasteiger charge is 2.32. The lowest BCUT2D eigenvalue weighted by molar-refractivity contribution is -0.130. The number of aromatic nitrogens is 4. The zero-order valence-electron chi connectivity index (χ0n) is 22.7. The van der Waals surface area contributed by atoms with Crippen molar-refractivity contribution in [2.24, 2.45) is 7.05 Å². The van der Waals surface area contributed by atoms with Gasteiger partial charge in [0.25, 0.3) is 5.91 Å². The van der Waals surface area contributed by atoms with Crippen molar-refractivity contribution in [3.8, 4) is 11.3 Å². The van der Waals surface area contributed by atoms with Crippen LogP contribution in [0, 0.1) is 0 Å². The standard InChI is InChI=1S/C30H33ClN6O2/c1-6-26(38)37-16-19(17-37)32-29(39)28-27(18-10-8-7-9-11-18)33-25(36(28)5)13-12-23-20-14-21(30(2,3)4)22(31)15-24(20)35-34-23/h6-11,14-15,19H,1,12-13,16-17H2,2-5H3,(H,32,39)(H,34,35). The summed E-state index contributed by atoms with van der Waals surface area (Å²) in [5, 5.41) is 12.5. The molecular weight excluding hydrogens is 512 g/mol. The van der Waals surface area contributed by atoms with Crippen LogP contribution in [-0.2, 0) is 30.1 Å². The van der Waals surface area contributed by atoms with Gasteiger partial charge in [0, 0.05) is 48.2 Å². The van der Waals surface area contributed by atoms with E-state index >= 15 is 0 Å². The van der Waals surface area contributed by atoms with Gasteiger partial charge in [0.05, 0.1) is 11.6 Å². The molecule has 2 aromatic carbocycles. The molecule has 0 atom stereocenters. The van der Waals surface area contributed by atoms with Crippen LogP contribution in [0.2, 0.25) is 5.02 Å². The lowest BCUT2D eigenvalue weighted by atomic mass is 9.86. The fraction of sp³-hybridized carbons (Fsp3) is 0.333. The molecule has 1 aliphatic heterocycles. The third-order valence-corrected chi connectivity index (χ3v) is 7.59. The molecule has 0 aliphatic carbocycles. The zero-order valence-corrected chi connectivity index (χ0v) is 23.5. The van der Waals surface area contributed by atoms with Crippen molar-refractivity contribution in [2.75, 3.05) is 13.1 Å². The predicted octanol–water partition coefficient (Wildman–Crippen LogP) is 4.83. The number of amides is 2. The number of aryl methyl sites for hydroxylation is 2. The Bertz CT molecular complexity index is 1560. The third-order valence-electron chi connectivity index (χ3n) is 7.28. The van der Waals surface area contributed by atoms with Crippen molar-refractivity contribution in [3.63, 3.8) is 0 Å². The van der Waals surface area contributed by atoms with Crippen LogP contribution in [0.1, 0.15) is 48.3 Å². The normalized spacial score (nSPS) is 13.9. The van der Waals surface area contributed by atoms with E-state index in [4.69, 9.17) is 16.6 Å². The molecule has 1 aliphatic rings. The topological polar surface area (TPSA) is 95.9 Å². The van der Waals surface area contributed by atoms with E-state index in [1.54, 1.807) is 4.90 Å². The highest BCUT2D eigenvalue weighted by molar-refractivity contribution is 6.32. The molecule has 9 heteroatoms. The van der Waals surface area contributed by atoms with Gasteiger partial charge in [-0.15, -0.1) is 0 Å². The molecule has 2 amide bonds. The summed E-state index contributed by atoms with van der Waals surface area (Å²) in [5.41, 5.74) is 4.83. The summed E-state index contributed by atoms with van der Waals surface area (Å²) in [6.45, 7) is 10.9. The molecule has 2 aromatic heterocycles. The van der Waals surface area contributed by atoms with Gasteiger partial charge in [-0.1, -0.05) is 69.3 Å². The lowest BCUT2D eigenvalue weighted by Gasteiger charge is -2.38. The Hall–Kier alpha value is -3.91. The van der Waals surface area contributed by atoms with Crippen LogP contribution >= 0.6 is 11.6 Å². The molecule has 0 saturated carbocycles. The summed E-state index contributed by atoms with van der Waals surface area (Å²) < 4.78 is 1.87. The number of benzene rings is 2. The van der Waals surface area contributed by atoms with Gasteiger partial charge in [-0.2, -0.15) is 5.10 Å². The van der Waals surface area contributed by atoms with E-state index in [1.165, 1.54) is 6.08 Å². The van der Waals surface area contributed by atoms with Crippen molar-refractivity contribution in [3.05, 3.63) is 82.9 Å². The Labute approximate surface area is 233 Å². The van der Waals surface area contributed by atoms with Crippen LogP contribution in [0.15, 0.2) is 55.1 Å². The largest absolute Gasteiger partial charge is 0.344 e. The average Bonchev–Trinajstić information content (AvgIpc) is 3.43. The maximum Gasteiger partial charge on any atom is 0.270 e. The van der Waals surface area contributed by atoms with Crippen molar-refractivity contribution < 1.29 is 9.59 Å². The zero-order chi connectivity index (χ0) is 27.9. The number of H-pyrrole nitrogens is 1. The van der Waals surface area contributed by atoms with Crippen LogP contribution in [0.5, 0.6) is 0 Å². The molecule has 0 unspecified atom stereocenters. The van der Waals surface area contributed by atoms with Gasteiger partial charge in [-0.3, -0.25) is 14.7 Å². The second kappa shape index (κ2) is 10.3. The summed E-state index contributed by atoms with van der Waals surface area (Å²) in [4.78, 5) is 31.8. The van der Waals surface area contributed by atoms with Crippen molar-refractivity contribution in [2.45, 2.75) is 45.1 Å². The van der Waals surface area contributed by atoms with Crippen molar-refractivity contribution in [1.82, 2.24) is 30.0 Å². The Kier molecular flexibility index (Phi) is 7.07. The first-order valence-corrected chi connectivity index (χ1v) is 13.4. The van der Waals surface area contributed by atoms with Gasteiger partial charge in [-0.25, -0.2) is 4.98 Å². The van der Waals surface area contributed by atoms with Gasteiger partial charge < -0.3 is 14.8 Å². The maximum atomic E-state index is 13.5. The van der Waals surface area contributed by atoms with Gasteiger partial charge in [0.1, 0.15) is 17.2 Å². The number of aromatic amines is 1. The monoisotopic (exact) mass is 544 g/mol. The minimum Gasteiger partial charge on any atom is -0.344 e. The van der Waals surface area contributed by atoms with Gasteiger partial charge >= 0.3 is 0 Å². The number of hydrogen-bond acceptors (Lipinski definition) is 4. The molecule has 0 spiro atoms.